The van der Waals surface area contributed by atoms with Gasteiger partial charge < -0.3 is 28.8 Å². The molecule has 2 aliphatic rings. The van der Waals surface area contributed by atoms with Crippen molar-refractivity contribution in [2.75, 3.05) is 13.7 Å². The molecule has 1 aliphatic carbocycles. The van der Waals surface area contributed by atoms with Crippen LogP contribution in [-0.4, -0.2) is 42.6 Å². The Balaban J connectivity index is 1.46. The van der Waals surface area contributed by atoms with E-state index >= 15 is 0 Å². The van der Waals surface area contributed by atoms with Crippen molar-refractivity contribution < 1.29 is 28.2 Å². The lowest BCUT2D eigenvalue weighted by atomic mass is 9.95. The molecule has 0 unspecified atom stereocenters. The fourth-order valence-electron chi connectivity index (χ4n) is 4.95. The Morgan fingerprint density at radius 2 is 1.76 bits per heavy atom. The zero-order valence-electron chi connectivity index (χ0n) is 20.9. The molecule has 5 rings (SSSR count). The molecule has 1 saturated carbocycles. The van der Waals surface area contributed by atoms with Crippen molar-refractivity contribution in [3.8, 4) is 17.2 Å². The van der Waals surface area contributed by atoms with Gasteiger partial charge in [0.05, 0.1) is 13.4 Å². The molecule has 1 aromatic heterocycles. The van der Waals surface area contributed by atoms with E-state index < -0.39 is 12.1 Å². The summed E-state index contributed by atoms with van der Waals surface area (Å²) in [6.45, 7) is 0.220. The summed E-state index contributed by atoms with van der Waals surface area (Å²) >= 11 is 0. The highest BCUT2D eigenvalue weighted by Gasteiger charge is 2.40. The molecular weight excluding hydrogens is 472 g/mol. The number of hydrogen-bond donors (Lipinski definition) is 1. The zero-order chi connectivity index (χ0) is 25.6. The number of nitrogens with one attached hydrogen (secondary N) is 1. The first kappa shape index (κ1) is 24.7. The zero-order valence-corrected chi connectivity index (χ0v) is 20.9. The summed E-state index contributed by atoms with van der Waals surface area (Å²) in [5.74, 6) is 1.57. The number of furan rings is 1. The van der Waals surface area contributed by atoms with Crippen molar-refractivity contribution in [2.45, 2.75) is 56.8 Å². The molecule has 0 bridgehead atoms. The Morgan fingerprint density at radius 1 is 1.00 bits per heavy atom. The van der Waals surface area contributed by atoms with Gasteiger partial charge in [-0.1, -0.05) is 43.5 Å². The molecule has 2 atom stereocenters. The molecule has 1 N–H and O–H groups in total. The molecule has 1 aliphatic heterocycles. The Morgan fingerprint density at radius 3 is 2.46 bits per heavy atom. The van der Waals surface area contributed by atoms with E-state index in [1.807, 2.05) is 36.4 Å². The normalized spacial score (nSPS) is 18.0. The quantitative estimate of drug-likeness (QED) is 0.480. The summed E-state index contributed by atoms with van der Waals surface area (Å²) < 4.78 is 22.9. The Labute approximate surface area is 216 Å². The first-order valence-electron chi connectivity index (χ1n) is 12.8. The summed E-state index contributed by atoms with van der Waals surface area (Å²) in [5.41, 5.74) is 0.841. The summed E-state index contributed by atoms with van der Waals surface area (Å²) in [6, 6.07) is 17.2. The number of rotatable bonds is 8. The summed E-state index contributed by atoms with van der Waals surface area (Å²) in [7, 11) is 1.60. The van der Waals surface area contributed by atoms with Crippen LogP contribution in [0, 0.1) is 0 Å². The summed E-state index contributed by atoms with van der Waals surface area (Å²) in [5, 5.41) is 3.18. The smallest absolute Gasteiger partial charge is 0.268 e. The SMILES string of the molecule is COc1ccc(CN(C(=O)[C@@H]2COc3ccccc3O2)[C@H](C(=O)NC2CCCCC2)c2ccco2)cc1. The second-order valence-electron chi connectivity index (χ2n) is 9.44. The minimum Gasteiger partial charge on any atom is -0.497 e. The minimum atomic E-state index is -0.965. The number of ether oxygens (including phenoxy) is 3. The number of carbonyl (C=O) groups is 2. The van der Waals surface area contributed by atoms with E-state index in [2.05, 4.69) is 5.32 Å². The van der Waals surface area contributed by atoms with Gasteiger partial charge in [-0.2, -0.15) is 0 Å². The first-order valence-corrected chi connectivity index (χ1v) is 12.8. The minimum absolute atomic E-state index is 0.0457. The molecule has 0 spiro atoms. The Bertz CT molecular complexity index is 1190. The van der Waals surface area contributed by atoms with Gasteiger partial charge in [-0.15, -0.1) is 0 Å². The topological polar surface area (TPSA) is 90.2 Å². The Hall–Kier alpha value is -3.94. The van der Waals surface area contributed by atoms with Crippen molar-refractivity contribution >= 4 is 11.8 Å². The van der Waals surface area contributed by atoms with Gasteiger partial charge in [-0.25, -0.2) is 0 Å². The molecule has 3 aromatic rings. The molecule has 0 saturated heterocycles. The van der Waals surface area contributed by atoms with Gasteiger partial charge in [0.25, 0.3) is 11.8 Å². The van der Waals surface area contributed by atoms with Crippen LogP contribution in [0.3, 0.4) is 0 Å². The van der Waals surface area contributed by atoms with Gasteiger partial charge in [0.15, 0.2) is 17.5 Å². The van der Waals surface area contributed by atoms with Crippen LogP contribution in [0.25, 0.3) is 0 Å². The van der Waals surface area contributed by atoms with E-state index in [-0.39, 0.29) is 31.0 Å². The van der Waals surface area contributed by atoms with Crippen LogP contribution in [0.1, 0.15) is 49.5 Å². The van der Waals surface area contributed by atoms with Gasteiger partial charge in [-0.05, 0) is 54.8 Å². The molecule has 0 radical (unpaired) electrons. The van der Waals surface area contributed by atoms with Crippen LogP contribution in [0.2, 0.25) is 0 Å². The summed E-state index contributed by atoms with van der Waals surface area (Å²) in [4.78, 5) is 29.3. The highest BCUT2D eigenvalue weighted by Crippen LogP contribution is 2.33. The third-order valence-corrected chi connectivity index (χ3v) is 6.90. The number of fused-ring (bicyclic) bond motifs is 1. The molecule has 2 amide bonds. The van der Waals surface area contributed by atoms with E-state index in [0.29, 0.717) is 23.0 Å². The number of carbonyl (C=O) groups excluding carboxylic acids is 2. The van der Waals surface area contributed by atoms with Crippen LogP contribution in [0.15, 0.2) is 71.3 Å². The largest absolute Gasteiger partial charge is 0.497 e. The number of amides is 2. The number of hydrogen-bond acceptors (Lipinski definition) is 6. The van der Waals surface area contributed by atoms with E-state index in [0.717, 1.165) is 31.2 Å². The highest BCUT2D eigenvalue weighted by atomic mass is 16.6. The molecule has 2 heterocycles. The van der Waals surface area contributed by atoms with Gasteiger partial charge in [0.1, 0.15) is 18.1 Å². The first-order chi connectivity index (χ1) is 18.1. The lowest BCUT2D eigenvalue weighted by molar-refractivity contribution is -0.150. The molecule has 8 nitrogen and oxygen atoms in total. The lowest BCUT2D eigenvalue weighted by Gasteiger charge is -2.35. The van der Waals surface area contributed by atoms with Crippen LogP contribution in [-0.2, 0) is 16.1 Å². The van der Waals surface area contributed by atoms with Crippen molar-refractivity contribution in [2.24, 2.45) is 0 Å². The fraction of sp³-hybridized carbons (Fsp3) is 0.379. The van der Waals surface area contributed by atoms with E-state index in [9.17, 15) is 9.59 Å². The van der Waals surface area contributed by atoms with Crippen molar-refractivity contribution in [1.82, 2.24) is 10.2 Å². The molecule has 8 heteroatoms. The third-order valence-electron chi connectivity index (χ3n) is 6.90. The standard InChI is InChI=1S/C29H32N2O6/c1-34-22-15-13-20(14-16-22)18-31(29(33)26-19-36-23-10-5-6-11-24(23)37-26)27(25-12-7-17-35-25)28(32)30-21-8-3-2-4-9-21/h5-7,10-17,21,26-27H,2-4,8-9,18-19H2,1H3,(H,30,32)/t26-,27-/m0/s1. The molecule has 194 valence electrons. The third kappa shape index (κ3) is 5.74. The maximum Gasteiger partial charge on any atom is 0.268 e. The van der Waals surface area contributed by atoms with Crippen molar-refractivity contribution in [1.29, 1.82) is 0 Å². The number of nitrogens with zero attached hydrogens (tertiary/aromatic N) is 1. The van der Waals surface area contributed by atoms with E-state index in [4.69, 9.17) is 18.6 Å². The van der Waals surface area contributed by atoms with Crippen LogP contribution < -0.4 is 19.5 Å². The number of benzene rings is 2. The van der Waals surface area contributed by atoms with Gasteiger partial charge in [0.2, 0.25) is 6.10 Å². The second kappa shape index (κ2) is 11.4. The van der Waals surface area contributed by atoms with Crippen LogP contribution in [0.5, 0.6) is 17.2 Å². The van der Waals surface area contributed by atoms with Gasteiger partial charge in [0, 0.05) is 12.6 Å². The lowest BCUT2D eigenvalue weighted by Crippen LogP contribution is -2.52. The van der Waals surface area contributed by atoms with Gasteiger partial charge in [-0.3, -0.25) is 9.59 Å². The number of methoxy groups -OCH3 is 1. The molecule has 37 heavy (non-hydrogen) atoms. The van der Waals surface area contributed by atoms with Crippen molar-refractivity contribution in [3.05, 3.63) is 78.3 Å². The maximum absolute atomic E-state index is 14.0. The average molecular weight is 505 g/mol. The van der Waals surface area contributed by atoms with Crippen LogP contribution in [0.4, 0.5) is 0 Å². The molecular formula is C29H32N2O6. The van der Waals surface area contributed by atoms with Crippen molar-refractivity contribution in [3.63, 3.8) is 0 Å². The Kier molecular flexibility index (Phi) is 7.63. The highest BCUT2D eigenvalue weighted by molar-refractivity contribution is 5.90. The predicted octanol–water partition coefficient (Wildman–Crippen LogP) is 4.65. The average Bonchev–Trinajstić information content (AvgIpc) is 3.47. The molecule has 1 fully saturated rings. The predicted molar refractivity (Wildman–Crippen MR) is 136 cm³/mol. The maximum atomic E-state index is 14.0. The monoisotopic (exact) mass is 504 g/mol. The second-order valence-corrected chi connectivity index (χ2v) is 9.44. The van der Waals surface area contributed by atoms with Crippen LogP contribution >= 0.6 is 0 Å². The molecule has 2 aromatic carbocycles. The fourth-order valence-corrected chi connectivity index (χ4v) is 4.95. The van der Waals surface area contributed by atoms with E-state index in [1.54, 1.807) is 31.4 Å². The van der Waals surface area contributed by atoms with Gasteiger partial charge >= 0.3 is 0 Å². The number of para-hydroxylation sites is 2. The summed E-state index contributed by atoms with van der Waals surface area (Å²) in [6.07, 6.45) is 5.81. The van der Waals surface area contributed by atoms with E-state index in [1.165, 1.54) is 17.6 Å².